The lowest BCUT2D eigenvalue weighted by molar-refractivity contribution is 0.206. The number of hydrogen-bond donors (Lipinski definition) is 1. The van der Waals surface area contributed by atoms with Gasteiger partial charge in [-0.2, -0.15) is 5.26 Å². The Balaban J connectivity index is 2.99. The van der Waals surface area contributed by atoms with Crippen molar-refractivity contribution in [2.24, 2.45) is 0 Å². The predicted octanol–water partition coefficient (Wildman–Crippen LogP) is 1.29. The Morgan fingerprint density at radius 2 is 2.19 bits per heavy atom. The van der Waals surface area contributed by atoms with Crippen LogP contribution in [0.25, 0.3) is 0 Å². The number of thiophene rings is 1. The van der Waals surface area contributed by atoms with Crippen LogP contribution in [0.15, 0.2) is 0 Å². The molecule has 1 aromatic heterocycles. The number of nitrogens with zero attached hydrogens (tertiary/aromatic N) is 2. The highest BCUT2D eigenvalue weighted by Gasteiger charge is 2.19. The van der Waals surface area contributed by atoms with Crippen LogP contribution in [0.2, 0.25) is 0 Å². The largest absolute Gasteiger partial charge is 0.492 e. The normalized spacial score (nSPS) is 9.88. The van der Waals surface area contributed by atoms with Crippen molar-refractivity contribution in [2.45, 2.75) is 0 Å². The Bertz CT molecular complexity index is 398. The first-order valence-electron chi connectivity index (χ1n) is 4.72. The van der Waals surface area contributed by atoms with Gasteiger partial charge in [0, 0.05) is 20.7 Å². The van der Waals surface area contributed by atoms with Gasteiger partial charge in [-0.3, -0.25) is 0 Å². The fraction of sp³-hybridized carbons (Fsp3) is 0.500. The molecule has 0 aliphatic rings. The van der Waals surface area contributed by atoms with E-state index in [2.05, 4.69) is 6.07 Å². The van der Waals surface area contributed by atoms with Crippen LogP contribution in [0.5, 0.6) is 5.75 Å². The second-order valence-electron chi connectivity index (χ2n) is 3.21. The van der Waals surface area contributed by atoms with Gasteiger partial charge in [0.05, 0.1) is 13.7 Å². The Hall–Kier alpha value is -1.45. The maximum absolute atomic E-state index is 8.89. The molecule has 0 saturated carbocycles. The lowest BCUT2D eigenvalue weighted by Gasteiger charge is -2.17. The molecule has 5 nitrogen and oxygen atoms in total. The quantitative estimate of drug-likeness (QED) is 0.841. The summed E-state index contributed by atoms with van der Waals surface area (Å²) >= 11 is 1.33. The Morgan fingerprint density at radius 1 is 1.50 bits per heavy atom. The average Bonchev–Trinajstić information content (AvgIpc) is 2.62. The van der Waals surface area contributed by atoms with Crippen LogP contribution in [0.3, 0.4) is 0 Å². The van der Waals surface area contributed by atoms with E-state index in [0.29, 0.717) is 22.9 Å². The van der Waals surface area contributed by atoms with Gasteiger partial charge in [0.1, 0.15) is 21.6 Å². The number of nitriles is 1. The molecule has 1 heterocycles. The molecule has 0 aromatic carbocycles. The maximum Gasteiger partial charge on any atom is 0.177 e. The third-order valence-electron chi connectivity index (χ3n) is 2.17. The number of methoxy groups -OCH3 is 2. The van der Waals surface area contributed by atoms with Crippen molar-refractivity contribution in [1.29, 1.82) is 5.26 Å². The molecule has 0 spiro atoms. The van der Waals surface area contributed by atoms with Crippen LogP contribution in [-0.2, 0) is 4.74 Å². The summed E-state index contributed by atoms with van der Waals surface area (Å²) in [4.78, 5) is 2.45. The molecule has 0 aliphatic heterocycles. The maximum atomic E-state index is 8.89. The number of anilines is 2. The van der Waals surface area contributed by atoms with Gasteiger partial charge < -0.3 is 20.1 Å². The molecule has 16 heavy (non-hydrogen) atoms. The van der Waals surface area contributed by atoms with Crippen molar-refractivity contribution in [3.05, 3.63) is 4.88 Å². The first kappa shape index (κ1) is 12.6. The molecular formula is C10H15N3O2S. The van der Waals surface area contributed by atoms with E-state index < -0.39 is 0 Å². The molecule has 0 fully saturated rings. The van der Waals surface area contributed by atoms with Crippen molar-refractivity contribution >= 4 is 22.0 Å². The van der Waals surface area contributed by atoms with E-state index in [0.717, 1.165) is 11.5 Å². The molecule has 6 heteroatoms. The van der Waals surface area contributed by atoms with Crippen molar-refractivity contribution in [1.82, 2.24) is 0 Å². The second-order valence-corrected chi connectivity index (χ2v) is 4.21. The number of likely N-dealkylation sites (N-methyl/N-ethyl adjacent to an activating group) is 1. The molecule has 0 radical (unpaired) electrons. The highest BCUT2D eigenvalue weighted by atomic mass is 32.1. The first-order valence-corrected chi connectivity index (χ1v) is 5.53. The molecule has 1 aromatic rings. The van der Waals surface area contributed by atoms with Gasteiger partial charge >= 0.3 is 0 Å². The summed E-state index contributed by atoms with van der Waals surface area (Å²) in [5.74, 6) is 0.570. The van der Waals surface area contributed by atoms with Crippen molar-refractivity contribution in [2.75, 3.05) is 45.1 Å². The number of nitrogens with two attached hydrogens (primary N) is 1. The second kappa shape index (κ2) is 5.58. The van der Waals surface area contributed by atoms with E-state index in [9.17, 15) is 0 Å². The molecule has 0 atom stereocenters. The Labute approximate surface area is 99.0 Å². The van der Waals surface area contributed by atoms with Gasteiger partial charge in [-0.15, -0.1) is 11.3 Å². The molecular weight excluding hydrogens is 226 g/mol. The van der Waals surface area contributed by atoms with Crippen molar-refractivity contribution in [3.63, 3.8) is 0 Å². The average molecular weight is 241 g/mol. The zero-order chi connectivity index (χ0) is 12.1. The smallest absolute Gasteiger partial charge is 0.177 e. The molecule has 88 valence electrons. The minimum Gasteiger partial charge on any atom is -0.492 e. The molecule has 0 aliphatic carbocycles. The third kappa shape index (κ3) is 2.38. The van der Waals surface area contributed by atoms with Gasteiger partial charge in [-0.05, 0) is 0 Å². The van der Waals surface area contributed by atoms with Crippen LogP contribution in [0.4, 0.5) is 10.7 Å². The van der Waals surface area contributed by atoms with E-state index in [1.165, 1.54) is 11.3 Å². The van der Waals surface area contributed by atoms with Gasteiger partial charge in [0.2, 0.25) is 0 Å². The fourth-order valence-corrected chi connectivity index (χ4v) is 2.25. The van der Waals surface area contributed by atoms with E-state index in [4.69, 9.17) is 20.5 Å². The fourth-order valence-electron chi connectivity index (χ4n) is 1.28. The van der Waals surface area contributed by atoms with Crippen LogP contribution in [-0.4, -0.2) is 34.4 Å². The highest BCUT2D eigenvalue weighted by Crippen LogP contribution is 2.43. The topological polar surface area (TPSA) is 71.5 Å². The number of rotatable bonds is 5. The van der Waals surface area contributed by atoms with E-state index >= 15 is 0 Å². The molecule has 0 bridgehead atoms. The summed E-state index contributed by atoms with van der Waals surface area (Å²) in [6.07, 6.45) is 0. The first-order chi connectivity index (χ1) is 7.65. The summed E-state index contributed by atoms with van der Waals surface area (Å²) in [6.45, 7) is 1.33. The summed E-state index contributed by atoms with van der Waals surface area (Å²) < 4.78 is 10.2. The minimum absolute atomic E-state index is 0.411. The summed E-state index contributed by atoms with van der Waals surface area (Å²) in [6, 6.07) is 2.06. The summed E-state index contributed by atoms with van der Waals surface area (Å²) in [5, 5.41) is 9.75. The van der Waals surface area contributed by atoms with Gasteiger partial charge in [-0.1, -0.05) is 0 Å². The zero-order valence-corrected chi connectivity index (χ0v) is 10.4. The van der Waals surface area contributed by atoms with Crippen molar-refractivity contribution < 1.29 is 9.47 Å². The Morgan fingerprint density at radius 3 is 2.69 bits per heavy atom. The monoisotopic (exact) mass is 241 g/mol. The lowest BCUT2D eigenvalue weighted by Crippen LogP contribution is -2.21. The number of hydrogen-bond acceptors (Lipinski definition) is 6. The van der Waals surface area contributed by atoms with Crippen LogP contribution in [0, 0.1) is 11.3 Å². The van der Waals surface area contributed by atoms with E-state index in [1.54, 1.807) is 14.2 Å². The standard InChI is InChI=1S/C10H15N3O2S/c1-13(4-5-14-2)10-9(15-3)8(12)7(6-11)16-10/h4-5,12H2,1-3H3. The molecule has 0 amide bonds. The van der Waals surface area contributed by atoms with Crippen molar-refractivity contribution in [3.8, 4) is 11.8 Å². The zero-order valence-electron chi connectivity index (χ0n) is 9.61. The van der Waals surface area contributed by atoms with E-state index in [1.807, 2.05) is 11.9 Å². The SMILES string of the molecule is COCCN(C)c1sc(C#N)c(N)c1OC. The molecule has 0 unspecified atom stereocenters. The van der Waals surface area contributed by atoms with Gasteiger partial charge in [0.25, 0.3) is 0 Å². The summed E-state index contributed by atoms with van der Waals surface area (Å²) in [7, 11) is 5.11. The third-order valence-corrected chi connectivity index (χ3v) is 3.37. The van der Waals surface area contributed by atoms with Crippen LogP contribution < -0.4 is 15.4 Å². The molecule has 1 rings (SSSR count). The van der Waals surface area contributed by atoms with Gasteiger partial charge in [0.15, 0.2) is 5.75 Å². The Kier molecular flexibility index (Phi) is 4.40. The van der Waals surface area contributed by atoms with Crippen LogP contribution >= 0.6 is 11.3 Å². The van der Waals surface area contributed by atoms with Gasteiger partial charge in [-0.25, -0.2) is 0 Å². The number of nitrogen functional groups attached to an aromatic ring is 1. The number of ether oxygens (including phenoxy) is 2. The molecule has 2 N–H and O–H groups in total. The minimum atomic E-state index is 0.411. The predicted molar refractivity (Wildman–Crippen MR) is 65.1 cm³/mol. The lowest BCUT2D eigenvalue weighted by atomic mass is 10.3. The van der Waals surface area contributed by atoms with E-state index in [-0.39, 0.29) is 0 Å². The van der Waals surface area contributed by atoms with Crippen LogP contribution in [0.1, 0.15) is 4.88 Å². The summed E-state index contributed by atoms with van der Waals surface area (Å²) in [5.41, 5.74) is 6.21. The molecule has 0 saturated heterocycles. The highest BCUT2D eigenvalue weighted by molar-refractivity contribution is 7.17.